The van der Waals surface area contributed by atoms with Crippen molar-refractivity contribution in [2.45, 2.75) is 12.8 Å². The maximum Gasteiger partial charge on any atom is 0.573 e. The van der Waals surface area contributed by atoms with Crippen molar-refractivity contribution in [1.82, 2.24) is 29.9 Å². The van der Waals surface area contributed by atoms with Crippen LogP contribution in [0.25, 0.3) is 22.8 Å². The standard InChI is InChI=1S/C27H22F3N7O2/c28-27(29,30)39-23-12-10-21(11-13-23)36-18-32-25(35-36)20-8-6-19(7-9-20)14-16-31-26(38)34-24-15-17-33-37(24)22-4-2-1-3-5-22/h1-13,15,17-18H,14,16H2,(H2,31,34,38). The Balaban J connectivity index is 1.13. The van der Waals surface area contributed by atoms with Gasteiger partial charge in [-0.2, -0.15) is 5.10 Å². The Morgan fingerprint density at radius 2 is 1.64 bits per heavy atom. The van der Waals surface area contributed by atoms with Gasteiger partial charge in [0.05, 0.1) is 17.6 Å². The first-order valence-corrected chi connectivity index (χ1v) is 11.9. The van der Waals surface area contributed by atoms with Crippen LogP contribution in [0.2, 0.25) is 0 Å². The first-order chi connectivity index (χ1) is 18.8. The molecule has 39 heavy (non-hydrogen) atoms. The number of para-hydroxylation sites is 1. The molecule has 0 saturated heterocycles. The van der Waals surface area contributed by atoms with E-state index >= 15 is 0 Å². The van der Waals surface area contributed by atoms with Crippen molar-refractivity contribution >= 4 is 11.8 Å². The van der Waals surface area contributed by atoms with Crippen LogP contribution in [-0.2, 0) is 6.42 Å². The highest BCUT2D eigenvalue weighted by atomic mass is 19.4. The Morgan fingerprint density at radius 3 is 2.36 bits per heavy atom. The second-order valence-corrected chi connectivity index (χ2v) is 8.35. The zero-order chi connectivity index (χ0) is 27.2. The number of amides is 2. The monoisotopic (exact) mass is 533 g/mol. The average Bonchev–Trinajstić information content (AvgIpc) is 3.60. The van der Waals surface area contributed by atoms with Crippen LogP contribution < -0.4 is 15.4 Å². The fourth-order valence-electron chi connectivity index (χ4n) is 3.79. The van der Waals surface area contributed by atoms with Gasteiger partial charge in [-0.1, -0.05) is 42.5 Å². The summed E-state index contributed by atoms with van der Waals surface area (Å²) in [6.45, 7) is 0.422. The average molecular weight is 534 g/mol. The van der Waals surface area contributed by atoms with Gasteiger partial charge in [-0.15, -0.1) is 18.3 Å². The van der Waals surface area contributed by atoms with Crippen LogP contribution >= 0.6 is 0 Å². The number of anilines is 1. The van der Waals surface area contributed by atoms with Crippen molar-refractivity contribution in [3.63, 3.8) is 0 Å². The van der Waals surface area contributed by atoms with Gasteiger partial charge in [0.1, 0.15) is 17.9 Å². The molecule has 2 aromatic heterocycles. The molecule has 2 amide bonds. The number of halogens is 3. The van der Waals surface area contributed by atoms with Crippen LogP contribution in [0, 0.1) is 0 Å². The zero-order valence-electron chi connectivity index (χ0n) is 20.3. The van der Waals surface area contributed by atoms with E-state index in [-0.39, 0.29) is 11.8 Å². The molecule has 0 saturated carbocycles. The van der Waals surface area contributed by atoms with Gasteiger partial charge < -0.3 is 10.1 Å². The molecule has 3 aromatic carbocycles. The fourth-order valence-corrected chi connectivity index (χ4v) is 3.79. The van der Waals surface area contributed by atoms with Gasteiger partial charge in [0, 0.05) is 18.2 Å². The summed E-state index contributed by atoms with van der Waals surface area (Å²) in [5.74, 6) is 0.707. The third kappa shape index (κ3) is 6.60. The summed E-state index contributed by atoms with van der Waals surface area (Å²) in [5, 5.41) is 14.3. The molecule has 198 valence electrons. The molecule has 0 radical (unpaired) electrons. The Kier molecular flexibility index (Phi) is 7.26. The quantitative estimate of drug-likeness (QED) is 0.279. The van der Waals surface area contributed by atoms with E-state index in [2.05, 4.69) is 30.6 Å². The molecule has 0 bridgehead atoms. The van der Waals surface area contributed by atoms with Gasteiger partial charge in [0.25, 0.3) is 0 Å². The number of alkyl halides is 3. The van der Waals surface area contributed by atoms with Gasteiger partial charge in [0.2, 0.25) is 0 Å². The van der Waals surface area contributed by atoms with Gasteiger partial charge in [0.15, 0.2) is 5.82 Å². The summed E-state index contributed by atoms with van der Waals surface area (Å²) in [4.78, 5) is 16.7. The molecule has 5 aromatic rings. The molecular formula is C27H22F3N7O2. The van der Waals surface area contributed by atoms with Gasteiger partial charge >= 0.3 is 12.4 Å². The van der Waals surface area contributed by atoms with Crippen molar-refractivity contribution in [3.8, 4) is 28.5 Å². The van der Waals surface area contributed by atoms with Crippen LogP contribution in [0.5, 0.6) is 5.75 Å². The van der Waals surface area contributed by atoms with E-state index in [1.807, 2.05) is 54.6 Å². The number of nitrogens with zero attached hydrogens (tertiary/aromatic N) is 5. The number of benzene rings is 3. The molecule has 0 fully saturated rings. The SMILES string of the molecule is O=C(NCCc1ccc(-c2ncn(-c3ccc(OC(F)(F)F)cc3)n2)cc1)Nc1ccnn1-c1ccccc1. The third-order valence-corrected chi connectivity index (χ3v) is 5.62. The van der Waals surface area contributed by atoms with Crippen LogP contribution in [0.3, 0.4) is 0 Å². The smallest absolute Gasteiger partial charge is 0.406 e. The molecule has 0 aliphatic heterocycles. The van der Waals surface area contributed by atoms with E-state index < -0.39 is 6.36 Å². The predicted octanol–water partition coefficient (Wildman–Crippen LogP) is 5.38. The molecule has 0 atom stereocenters. The molecule has 0 spiro atoms. The number of carbonyl (C=O) groups excluding carboxylic acids is 1. The van der Waals surface area contributed by atoms with E-state index in [0.29, 0.717) is 30.3 Å². The highest BCUT2D eigenvalue weighted by Crippen LogP contribution is 2.24. The molecule has 9 nitrogen and oxygen atoms in total. The number of aromatic nitrogens is 5. The van der Waals surface area contributed by atoms with Crippen LogP contribution in [0.4, 0.5) is 23.8 Å². The Bertz CT molecular complexity index is 1530. The van der Waals surface area contributed by atoms with E-state index in [4.69, 9.17) is 0 Å². The van der Waals surface area contributed by atoms with Crippen molar-refractivity contribution < 1.29 is 22.7 Å². The lowest BCUT2D eigenvalue weighted by molar-refractivity contribution is -0.274. The van der Waals surface area contributed by atoms with Crippen LogP contribution in [0.15, 0.2) is 97.5 Å². The summed E-state index contributed by atoms with van der Waals surface area (Å²) < 4.78 is 44.0. The second kappa shape index (κ2) is 11.1. The fraction of sp³-hybridized carbons (Fsp3) is 0.111. The molecule has 12 heteroatoms. The Morgan fingerprint density at radius 1 is 0.897 bits per heavy atom. The highest BCUT2D eigenvalue weighted by Gasteiger charge is 2.31. The number of rotatable bonds is 8. The minimum atomic E-state index is -4.75. The first-order valence-electron chi connectivity index (χ1n) is 11.9. The number of carbonyl (C=O) groups is 1. The maximum absolute atomic E-state index is 12.4. The van der Waals surface area contributed by atoms with Crippen LogP contribution in [0.1, 0.15) is 5.56 Å². The number of hydrogen-bond donors (Lipinski definition) is 2. The zero-order valence-corrected chi connectivity index (χ0v) is 20.3. The summed E-state index contributed by atoms with van der Waals surface area (Å²) in [6.07, 6.45) is -1.04. The van der Waals surface area contributed by atoms with Crippen molar-refractivity contribution in [3.05, 3.63) is 103 Å². The predicted molar refractivity (Wildman–Crippen MR) is 138 cm³/mol. The lowest BCUT2D eigenvalue weighted by atomic mass is 10.1. The molecule has 2 N–H and O–H groups in total. The molecule has 2 heterocycles. The Labute approximate surface area is 220 Å². The summed E-state index contributed by atoms with van der Waals surface area (Å²) in [5.41, 5.74) is 3.16. The molecule has 0 unspecified atom stereocenters. The van der Waals surface area contributed by atoms with Gasteiger partial charge in [-0.25, -0.2) is 19.1 Å². The van der Waals surface area contributed by atoms with Crippen molar-refractivity contribution in [2.24, 2.45) is 0 Å². The minimum absolute atomic E-state index is 0.312. The van der Waals surface area contributed by atoms with E-state index in [0.717, 1.165) is 16.8 Å². The first kappa shape index (κ1) is 25.5. The lowest BCUT2D eigenvalue weighted by Gasteiger charge is -2.10. The van der Waals surface area contributed by atoms with Crippen LogP contribution in [-0.4, -0.2) is 43.5 Å². The van der Waals surface area contributed by atoms with Crippen molar-refractivity contribution in [1.29, 1.82) is 0 Å². The van der Waals surface area contributed by atoms with Crippen molar-refractivity contribution in [2.75, 3.05) is 11.9 Å². The molecular weight excluding hydrogens is 511 g/mol. The van der Waals surface area contributed by atoms with E-state index in [1.165, 1.54) is 35.3 Å². The summed E-state index contributed by atoms with van der Waals surface area (Å²) in [6, 6.07) is 23.8. The number of urea groups is 1. The minimum Gasteiger partial charge on any atom is -0.406 e. The van der Waals surface area contributed by atoms with E-state index in [9.17, 15) is 18.0 Å². The lowest BCUT2D eigenvalue weighted by Crippen LogP contribution is -2.31. The maximum atomic E-state index is 12.4. The largest absolute Gasteiger partial charge is 0.573 e. The number of nitrogens with one attached hydrogen (secondary N) is 2. The number of hydrogen-bond acceptors (Lipinski definition) is 5. The van der Waals surface area contributed by atoms with Gasteiger partial charge in [-0.05, 0) is 48.4 Å². The second-order valence-electron chi connectivity index (χ2n) is 8.35. The number of ether oxygens (including phenoxy) is 1. The van der Waals surface area contributed by atoms with E-state index in [1.54, 1.807) is 16.9 Å². The Hall–Kier alpha value is -5.13. The molecule has 5 rings (SSSR count). The highest BCUT2D eigenvalue weighted by molar-refractivity contribution is 5.88. The molecule has 0 aliphatic carbocycles. The topological polar surface area (TPSA) is 98.9 Å². The summed E-state index contributed by atoms with van der Waals surface area (Å²) >= 11 is 0. The van der Waals surface area contributed by atoms with Gasteiger partial charge in [-0.3, -0.25) is 5.32 Å². The molecule has 0 aliphatic rings. The normalized spacial score (nSPS) is 11.3. The summed E-state index contributed by atoms with van der Waals surface area (Å²) in [7, 11) is 0. The third-order valence-electron chi connectivity index (χ3n) is 5.62.